The van der Waals surface area contributed by atoms with Crippen LogP contribution in [0.2, 0.25) is 0 Å². The summed E-state index contributed by atoms with van der Waals surface area (Å²) in [7, 11) is 1.64. The molecule has 0 saturated carbocycles. The molecule has 0 saturated heterocycles. The highest BCUT2D eigenvalue weighted by Crippen LogP contribution is 2.32. The van der Waals surface area contributed by atoms with Gasteiger partial charge in [0.15, 0.2) is 0 Å². The van der Waals surface area contributed by atoms with E-state index in [1.54, 1.807) is 13.3 Å². The van der Waals surface area contributed by atoms with E-state index < -0.39 is 0 Å². The molecule has 1 unspecified atom stereocenters. The van der Waals surface area contributed by atoms with Crippen LogP contribution in [0.15, 0.2) is 42.6 Å². The SMILES string of the molecule is COc1ncccc1CNC1COc2ccccc21. The molecule has 0 fully saturated rings. The monoisotopic (exact) mass is 256 g/mol. The van der Waals surface area contributed by atoms with Gasteiger partial charge in [-0.3, -0.25) is 0 Å². The van der Waals surface area contributed by atoms with Crippen LogP contribution in [0.4, 0.5) is 0 Å². The number of rotatable bonds is 4. The molecule has 0 aliphatic carbocycles. The number of benzene rings is 1. The zero-order valence-corrected chi connectivity index (χ0v) is 10.8. The van der Waals surface area contributed by atoms with Gasteiger partial charge in [-0.25, -0.2) is 4.98 Å². The fourth-order valence-corrected chi connectivity index (χ4v) is 2.31. The van der Waals surface area contributed by atoms with Crippen molar-refractivity contribution in [1.82, 2.24) is 10.3 Å². The minimum absolute atomic E-state index is 0.223. The van der Waals surface area contributed by atoms with E-state index in [0.29, 0.717) is 19.0 Å². The quantitative estimate of drug-likeness (QED) is 0.911. The second-order valence-electron chi connectivity index (χ2n) is 4.45. The Kier molecular flexibility index (Phi) is 3.33. The van der Waals surface area contributed by atoms with Crippen molar-refractivity contribution >= 4 is 0 Å². The number of nitrogens with zero attached hydrogens (tertiary/aromatic N) is 1. The lowest BCUT2D eigenvalue weighted by atomic mass is 10.1. The minimum Gasteiger partial charge on any atom is -0.491 e. The Bertz CT molecular complexity index is 572. The van der Waals surface area contributed by atoms with E-state index in [1.165, 1.54) is 5.56 Å². The molecule has 4 heteroatoms. The summed E-state index contributed by atoms with van der Waals surface area (Å²) in [6.07, 6.45) is 1.73. The van der Waals surface area contributed by atoms with Gasteiger partial charge >= 0.3 is 0 Å². The zero-order valence-electron chi connectivity index (χ0n) is 10.8. The number of pyridine rings is 1. The first-order chi connectivity index (χ1) is 9.38. The lowest BCUT2D eigenvalue weighted by Gasteiger charge is -2.13. The first kappa shape index (κ1) is 12.0. The third kappa shape index (κ3) is 2.39. The van der Waals surface area contributed by atoms with Gasteiger partial charge in [-0.1, -0.05) is 24.3 Å². The Morgan fingerprint density at radius 2 is 2.21 bits per heavy atom. The number of ether oxygens (including phenoxy) is 2. The first-order valence-corrected chi connectivity index (χ1v) is 6.31. The molecule has 19 heavy (non-hydrogen) atoms. The summed E-state index contributed by atoms with van der Waals surface area (Å²) in [6.45, 7) is 1.38. The Morgan fingerprint density at radius 3 is 3.11 bits per heavy atom. The fraction of sp³-hybridized carbons (Fsp3) is 0.267. The molecule has 1 aliphatic rings. The van der Waals surface area contributed by atoms with Gasteiger partial charge in [-0.05, 0) is 12.1 Å². The molecule has 1 aliphatic heterocycles. The van der Waals surface area contributed by atoms with Crippen molar-refractivity contribution in [3.05, 3.63) is 53.7 Å². The van der Waals surface area contributed by atoms with Gasteiger partial charge in [-0.15, -0.1) is 0 Å². The van der Waals surface area contributed by atoms with Gasteiger partial charge in [0, 0.05) is 23.9 Å². The van der Waals surface area contributed by atoms with Gasteiger partial charge in [-0.2, -0.15) is 0 Å². The largest absolute Gasteiger partial charge is 0.491 e. The standard InChI is InChI=1S/C15H16N2O2/c1-18-15-11(5-4-8-16-15)9-17-13-10-19-14-7-3-2-6-12(13)14/h2-8,13,17H,9-10H2,1H3. The molecular formula is C15H16N2O2. The Balaban J connectivity index is 1.71. The van der Waals surface area contributed by atoms with E-state index in [9.17, 15) is 0 Å². The van der Waals surface area contributed by atoms with Crippen molar-refractivity contribution in [3.63, 3.8) is 0 Å². The van der Waals surface area contributed by atoms with Crippen LogP contribution < -0.4 is 14.8 Å². The summed E-state index contributed by atoms with van der Waals surface area (Å²) in [4.78, 5) is 4.19. The van der Waals surface area contributed by atoms with Crippen LogP contribution in [-0.4, -0.2) is 18.7 Å². The summed E-state index contributed by atoms with van der Waals surface area (Å²) in [6, 6.07) is 12.3. The summed E-state index contributed by atoms with van der Waals surface area (Å²) in [5.74, 6) is 1.64. The van der Waals surface area contributed by atoms with Crippen LogP contribution >= 0.6 is 0 Å². The van der Waals surface area contributed by atoms with Crippen LogP contribution in [0.1, 0.15) is 17.2 Å². The second-order valence-corrected chi connectivity index (χ2v) is 4.45. The van der Waals surface area contributed by atoms with E-state index in [0.717, 1.165) is 11.3 Å². The highest BCUT2D eigenvalue weighted by Gasteiger charge is 2.23. The molecule has 1 aromatic carbocycles. The Labute approximate surface area is 112 Å². The predicted molar refractivity (Wildman–Crippen MR) is 72.3 cm³/mol. The van der Waals surface area contributed by atoms with Gasteiger partial charge < -0.3 is 14.8 Å². The lowest BCUT2D eigenvalue weighted by molar-refractivity contribution is 0.309. The molecule has 0 bridgehead atoms. The molecule has 2 aromatic rings. The van der Waals surface area contributed by atoms with E-state index in [4.69, 9.17) is 9.47 Å². The number of aromatic nitrogens is 1. The lowest BCUT2D eigenvalue weighted by Crippen LogP contribution is -2.22. The van der Waals surface area contributed by atoms with Gasteiger partial charge in [0.2, 0.25) is 5.88 Å². The molecule has 0 radical (unpaired) electrons. The van der Waals surface area contributed by atoms with Crippen LogP contribution in [0, 0.1) is 0 Å². The molecule has 0 spiro atoms. The minimum atomic E-state index is 0.223. The molecule has 1 atom stereocenters. The fourth-order valence-electron chi connectivity index (χ4n) is 2.31. The van der Waals surface area contributed by atoms with Gasteiger partial charge in [0.1, 0.15) is 12.4 Å². The van der Waals surface area contributed by atoms with Crippen LogP contribution in [0.5, 0.6) is 11.6 Å². The van der Waals surface area contributed by atoms with Crippen LogP contribution in [0.3, 0.4) is 0 Å². The summed E-state index contributed by atoms with van der Waals surface area (Å²) >= 11 is 0. The highest BCUT2D eigenvalue weighted by atomic mass is 16.5. The molecule has 1 aromatic heterocycles. The average Bonchev–Trinajstić information content (AvgIpc) is 2.89. The number of hydrogen-bond acceptors (Lipinski definition) is 4. The molecule has 3 rings (SSSR count). The summed E-state index contributed by atoms with van der Waals surface area (Å²) < 4.78 is 10.9. The maximum absolute atomic E-state index is 5.65. The molecule has 0 amide bonds. The van der Waals surface area contributed by atoms with E-state index in [2.05, 4.69) is 16.4 Å². The molecule has 2 heterocycles. The third-order valence-corrected chi connectivity index (χ3v) is 3.28. The maximum atomic E-state index is 5.65. The number of methoxy groups -OCH3 is 1. The molecule has 1 N–H and O–H groups in total. The third-order valence-electron chi connectivity index (χ3n) is 3.28. The predicted octanol–water partition coefficient (Wildman–Crippen LogP) is 2.31. The average molecular weight is 256 g/mol. The molecule has 4 nitrogen and oxygen atoms in total. The van der Waals surface area contributed by atoms with Gasteiger partial charge in [0.05, 0.1) is 13.2 Å². The number of fused-ring (bicyclic) bond motifs is 1. The van der Waals surface area contributed by atoms with E-state index >= 15 is 0 Å². The van der Waals surface area contributed by atoms with Crippen molar-refractivity contribution in [1.29, 1.82) is 0 Å². The zero-order chi connectivity index (χ0) is 13.1. The number of para-hydroxylation sites is 1. The van der Waals surface area contributed by atoms with Gasteiger partial charge in [0.25, 0.3) is 0 Å². The van der Waals surface area contributed by atoms with Crippen molar-refractivity contribution in [2.24, 2.45) is 0 Å². The number of hydrogen-bond donors (Lipinski definition) is 1. The van der Waals surface area contributed by atoms with Crippen LogP contribution in [0.25, 0.3) is 0 Å². The molecular weight excluding hydrogens is 240 g/mol. The normalized spacial score (nSPS) is 16.8. The van der Waals surface area contributed by atoms with E-state index in [-0.39, 0.29) is 6.04 Å². The molecule has 98 valence electrons. The Morgan fingerprint density at radius 1 is 1.32 bits per heavy atom. The van der Waals surface area contributed by atoms with Crippen LogP contribution in [-0.2, 0) is 6.54 Å². The maximum Gasteiger partial charge on any atom is 0.217 e. The van der Waals surface area contributed by atoms with Crippen molar-refractivity contribution in [2.45, 2.75) is 12.6 Å². The smallest absolute Gasteiger partial charge is 0.217 e. The topological polar surface area (TPSA) is 43.4 Å². The van der Waals surface area contributed by atoms with Crippen molar-refractivity contribution < 1.29 is 9.47 Å². The van der Waals surface area contributed by atoms with Crippen molar-refractivity contribution in [3.8, 4) is 11.6 Å². The number of nitrogens with one attached hydrogen (secondary N) is 1. The second kappa shape index (κ2) is 5.28. The van der Waals surface area contributed by atoms with Crippen molar-refractivity contribution in [2.75, 3.05) is 13.7 Å². The summed E-state index contributed by atoms with van der Waals surface area (Å²) in [5, 5.41) is 3.48. The highest BCUT2D eigenvalue weighted by molar-refractivity contribution is 5.39. The Hall–Kier alpha value is -2.07. The summed E-state index contributed by atoms with van der Waals surface area (Å²) in [5.41, 5.74) is 2.26. The first-order valence-electron chi connectivity index (χ1n) is 6.31. The van der Waals surface area contributed by atoms with E-state index in [1.807, 2.05) is 30.3 Å².